The molecule has 1 unspecified atom stereocenters. The van der Waals surface area contributed by atoms with Gasteiger partial charge in [-0.3, -0.25) is 4.90 Å². The van der Waals surface area contributed by atoms with Gasteiger partial charge in [0.1, 0.15) is 5.75 Å². The van der Waals surface area contributed by atoms with E-state index in [1.165, 1.54) is 0 Å². The van der Waals surface area contributed by atoms with Crippen LogP contribution < -0.4 is 5.32 Å². The predicted octanol–water partition coefficient (Wildman–Crippen LogP) is 2.13. The third-order valence-electron chi connectivity index (χ3n) is 3.80. The highest BCUT2D eigenvalue weighted by atomic mass is 79.9. The molecule has 2 fully saturated rings. The van der Waals surface area contributed by atoms with Crippen molar-refractivity contribution in [2.75, 3.05) is 26.2 Å². The summed E-state index contributed by atoms with van der Waals surface area (Å²) in [5, 5.41) is 12.6. The minimum atomic E-state index is 0.0600. The highest BCUT2D eigenvalue weighted by Gasteiger charge is 2.35. The fourth-order valence-corrected chi connectivity index (χ4v) is 4.06. The Hall–Kier alpha value is -0.790. The summed E-state index contributed by atoms with van der Waals surface area (Å²) in [4.78, 5) is 15.8. The molecule has 108 valence electrons. The van der Waals surface area contributed by atoms with E-state index in [1.54, 1.807) is 0 Å². The van der Waals surface area contributed by atoms with E-state index in [-0.39, 0.29) is 17.8 Å². The summed E-state index contributed by atoms with van der Waals surface area (Å²) in [5.41, 5.74) is 1.13. The van der Waals surface area contributed by atoms with Gasteiger partial charge in [0.2, 0.25) is 0 Å². The Labute approximate surface area is 134 Å². The van der Waals surface area contributed by atoms with Crippen molar-refractivity contribution in [2.24, 2.45) is 0 Å². The third kappa shape index (κ3) is 2.66. The molecule has 0 aromatic heterocycles. The molecule has 0 saturated carbocycles. The normalized spacial score (nSPS) is 22.8. The van der Waals surface area contributed by atoms with Crippen LogP contribution in [0, 0.1) is 0 Å². The lowest BCUT2D eigenvalue weighted by atomic mass is 10.1. The first-order valence-electron chi connectivity index (χ1n) is 6.48. The number of hydrogen-bond donors (Lipinski definition) is 2. The molecule has 2 aliphatic heterocycles. The van der Waals surface area contributed by atoms with Gasteiger partial charge in [0.15, 0.2) is 0 Å². The standard InChI is InChI=1S/C13H15Br2N3O2/c14-10-3-8(4-11(15)12(10)19)6-17-1-2-18-9(7-17)5-16-13(18)20/h3-4,9,19H,1-2,5-7H2,(H,16,20). The van der Waals surface area contributed by atoms with E-state index >= 15 is 0 Å². The smallest absolute Gasteiger partial charge is 0.317 e. The molecule has 2 saturated heterocycles. The van der Waals surface area contributed by atoms with E-state index in [1.807, 2.05) is 17.0 Å². The number of piperazine rings is 1. The summed E-state index contributed by atoms with van der Waals surface area (Å²) in [6.45, 7) is 4.08. The number of carbonyl (C=O) groups excluding carboxylic acids is 1. The maximum Gasteiger partial charge on any atom is 0.317 e. The van der Waals surface area contributed by atoms with Gasteiger partial charge in [-0.15, -0.1) is 0 Å². The van der Waals surface area contributed by atoms with Crippen molar-refractivity contribution in [1.82, 2.24) is 15.1 Å². The number of nitrogens with zero attached hydrogens (tertiary/aromatic N) is 2. The number of nitrogens with one attached hydrogen (secondary N) is 1. The van der Waals surface area contributed by atoms with Crippen molar-refractivity contribution in [3.05, 3.63) is 26.6 Å². The van der Waals surface area contributed by atoms with Crippen LogP contribution in [-0.2, 0) is 6.54 Å². The van der Waals surface area contributed by atoms with Gasteiger partial charge in [-0.05, 0) is 49.6 Å². The molecule has 2 heterocycles. The first-order valence-corrected chi connectivity index (χ1v) is 8.07. The lowest BCUT2D eigenvalue weighted by Crippen LogP contribution is -2.51. The van der Waals surface area contributed by atoms with Crippen LogP contribution in [0.15, 0.2) is 21.1 Å². The zero-order chi connectivity index (χ0) is 14.3. The molecule has 2 aliphatic rings. The Morgan fingerprint density at radius 3 is 2.70 bits per heavy atom. The molecule has 1 aromatic carbocycles. The van der Waals surface area contributed by atoms with Crippen molar-refractivity contribution in [1.29, 1.82) is 0 Å². The molecule has 7 heteroatoms. The number of hydrogen-bond acceptors (Lipinski definition) is 3. The average Bonchev–Trinajstić information content (AvgIpc) is 2.77. The summed E-state index contributed by atoms with van der Waals surface area (Å²) in [7, 11) is 0. The Morgan fingerprint density at radius 1 is 1.30 bits per heavy atom. The van der Waals surface area contributed by atoms with Crippen LogP contribution in [0.4, 0.5) is 4.79 Å². The topological polar surface area (TPSA) is 55.8 Å². The molecule has 20 heavy (non-hydrogen) atoms. The molecule has 0 radical (unpaired) electrons. The summed E-state index contributed by atoms with van der Waals surface area (Å²) in [6.07, 6.45) is 0. The van der Waals surface area contributed by atoms with Crippen LogP contribution in [0.2, 0.25) is 0 Å². The Balaban J connectivity index is 1.69. The Kier molecular flexibility index (Phi) is 3.92. The van der Waals surface area contributed by atoms with Crippen LogP contribution in [0.5, 0.6) is 5.75 Å². The number of fused-ring (bicyclic) bond motifs is 1. The fourth-order valence-electron chi connectivity index (χ4n) is 2.78. The number of amides is 2. The monoisotopic (exact) mass is 403 g/mol. The molecular weight excluding hydrogens is 390 g/mol. The zero-order valence-corrected chi connectivity index (χ0v) is 13.9. The van der Waals surface area contributed by atoms with Gasteiger partial charge >= 0.3 is 6.03 Å². The average molecular weight is 405 g/mol. The summed E-state index contributed by atoms with van der Waals surface area (Å²) >= 11 is 6.71. The molecule has 2 amide bonds. The zero-order valence-electron chi connectivity index (χ0n) is 10.8. The van der Waals surface area contributed by atoms with Gasteiger partial charge in [0.05, 0.1) is 15.0 Å². The summed E-state index contributed by atoms with van der Waals surface area (Å²) < 4.78 is 1.39. The molecular formula is C13H15Br2N3O2. The number of aromatic hydroxyl groups is 1. The van der Waals surface area contributed by atoms with Gasteiger partial charge in [-0.2, -0.15) is 0 Å². The largest absolute Gasteiger partial charge is 0.506 e. The quantitative estimate of drug-likeness (QED) is 0.793. The van der Waals surface area contributed by atoms with E-state index in [4.69, 9.17) is 0 Å². The number of phenols is 1. The van der Waals surface area contributed by atoms with Crippen molar-refractivity contribution in [3.63, 3.8) is 0 Å². The van der Waals surface area contributed by atoms with E-state index in [2.05, 4.69) is 42.1 Å². The van der Waals surface area contributed by atoms with Crippen molar-refractivity contribution < 1.29 is 9.90 Å². The van der Waals surface area contributed by atoms with Crippen molar-refractivity contribution in [3.8, 4) is 5.75 Å². The predicted molar refractivity (Wildman–Crippen MR) is 82.7 cm³/mol. The second-order valence-electron chi connectivity index (χ2n) is 5.18. The molecule has 0 aliphatic carbocycles. The molecule has 0 bridgehead atoms. The second-order valence-corrected chi connectivity index (χ2v) is 6.89. The number of phenolic OH excluding ortho intramolecular Hbond substituents is 1. The molecule has 0 spiro atoms. The third-order valence-corrected chi connectivity index (χ3v) is 5.01. The summed E-state index contributed by atoms with van der Waals surface area (Å²) in [5.74, 6) is 0.226. The van der Waals surface area contributed by atoms with Crippen LogP contribution in [-0.4, -0.2) is 53.2 Å². The van der Waals surface area contributed by atoms with Crippen molar-refractivity contribution >= 4 is 37.9 Å². The van der Waals surface area contributed by atoms with Crippen molar-refractivity contribution in [2.45, 2.75) is 12.6 Å². The molecule has 1 atom stereocenters. The highest BCUT2D eigenvalue weighted by Crippen LogP contribution is 2.33. The van der Waals surface area contributed by atoms with Gasteiger partial charge in [-0.1, -0.05) is 0 Å². The Bertz CT molecular complexity index is 529. The number of rotatable bonds is 2. The van der Waals surface area contributed by atoms with Crippen LogP contribution in [0.25, 0.3) is 0 Å². The van der Waals surface area contributed by atoms with Crippen LogP contribution in [0.1, 0.15) is 5.56 Å². The van der Waals surface area contributed by atoms with Crippen LogP contribution >= 0.6 is 31.9 Å². The number of halogens is 2. The molecule has 2 N–H and O–H groups in total. The van der Waals surface area contributed by atoms with Crippen LogP contribution in [0.3, 0.4) is 0 Å². The van der Waals surface area contributed by atoms with E-state index in [0.29, 0.717) is 8.95 Å². The number of carbonyl (C=O) groups is 1. The highest BCUT2D eigenvalue weighted by molar-refractivity contribution is 9.11. The maximum atomic E-state index is 11.6. The maximum absolute atomic E-state index is 11.6. The van der Waals surface area contributed by atoms with E-state index in [9.17, 15) is 9.90 Å². The SMILES string of the molecule is O=C1NCC2CN(Cc3cc(Br)c(O)c(Br)c3)CCN12. The molecule has 5 nitrogen and oxygen atoms in total. The Morgan fingerprint density at radius 2 is 2.00 bits per heavy atom. The van der Waals surface area contributed by atoms with Gasteiger partial charge in [0, 0.05) is 32.7 Å². The van der Waals surface area contributed by atoms with Gasteiger partial charge in [-0.25, -0.2) is 4.79 Å². The first-order chi connectivity index (χ1) is 9.54. The second kappa shape index (κ2) is 5.54. The lowest BCUT2D eigenvalue weighted by Gasteiger charge is -2.36. The minimum absolute atomic E-state index is 0.0600. The fraction of sp³-hybridized carbons (Fsp3) is 0.462. The minimum Gasteiger partial charge on any atom is -0.506 e. The van der Waals surface area contributed by atoms with Gasteiger partial charge in [0.25, 0.3) is 0 Å². The lowest BCUT2D eigenvalue weighted by molar-refractivity contribution is 0.116. The van der Waals surface area contributed by atoms with E-state index in [0.717, 1.165) is 38.3 Å². The molecule has 1 aromatic rings. The number of urea groups is 1. The first kappa shape index (κ1) is 14.2. The van der Waals surface area contributed by atoms with Gasteiger partial charge < -0.3 is 15.3 Å². The molecule has 3 rings (SSSR count). The number of benzene rings is 1. The summed E-state index contributed by atoms with van der Waals surface area (Å²) in [6, 6.07) is 4.21. The van der Waals surface area contributed by atoms with E-state index < -0.39 is 0 Å².